The molecule has 0 aromatic carbocycles. The molecule has 1 heterocycles. The van der Waals surface area contributed by atoms with Crippen molar-refractivity contribution in [1.82, 2.24) is 4.98 Å². The Hall–Kier alpha value is -2.11. The number of nitrogens with two attached hydrogens (primary N) is 2. The van der Waals surface area contributed by atoms with Gasteiger partial charge in [0.05, 0.1) is 5.56 Å². The van der Waals surface area contributed by atoms with Gasteiger partial charge >= 0.3 is 0 Å². The van der Waals surface area contributed by atoms with Crippen LogP contribution >= 0.6 is 0 Å². The molecule has 1 rings (SSSR count). The number of hydrogen-bond acceptors (Lipinski definition) is 4. The monoisotopic (exact) mass is 236 g/mol. The van der Waals surface area contributed by atoms with Gasteiger partial charge in [-0.1, -0.05) is 13.8 Å². The van der Waals surface area contributed by atoms with Crippen molar-refractivity contribution in [2.45, 2.75) is 19.9 Å². The average Bonchev–Trinajstić information content (AvgIpc) is 2.25. The average molecular weight is 236 g/mol. The number of hydrogen-bond donors (Lipinski definition) is 3. The minimum absolute atomic E-state index is 0.0183. The number of carbonyl (C=O) groups excluding carboxylic acids is 2. The third-order valence-corrected chi connectivity index (χ3v) is 2.34. The molecule has 6 heteroatoms. The van der Waals surface area contributed by atoms with Gasteiger partial charge in [0, 0.05) is 6.20 Å². The smallest absolute Gasteiger partial charge is 0.252 e. The van der Waals surface area contributed by atoms with Gasteiger partial charge in [-0.3, -0.25) is 9.59 Å². The van der Waals surface area contributed by atoms with E-state index in [1.165, 1.54) is 12.3 Å². The van der Waals surface area contributed by atoms with Gasteiger partial charge in [0.15, 0.2) is 0 Å². The lowest BCUT2D eigenvalue weighted by Crippen LogP contribution is -2.40. The van der Waals surface area contributed by atoms with Crippen molar-refractivity contribution >= 4 is 17.6 Å². The van der Waals surface area contributed by atoms with Crippen LogP contribution in [0.25, 0.3) is 0 Å². The minimum Gasteiger partial charge on any atom is -0.368 e. The first-order valence-corrected chi connectivity index (χ1v) is 5.24. The third kappa shape index (κ3) is 3.17. The van der Waals surface area contributed by atoms with Crippen LogP contribution in [0.5, 0.6) is 0 Å². The second-order valence-electron chi connectivity index (χ2n) is 4.03. The lowest BCUT2D eigenvalue weighted by molar-refractivity contribution is -0.119. The van der Waals surface area contributed by atoms with Crippen molar-refractivity contribution in [1.29, 1.82) is 0 Å². The lowest BCUT2D eigenvalue weighted by Gasteiger charge is -2.20. The normalized spacial score (nSPS) is 12.2. The van der Waals surface area contributed by atoms with E-state index in [4.69, 9.17) is 11.5 Å². The lowest BCUT2D eigenvalue weighted by atomic mass is 10.0. The highest BCUT2D eigenvalue weighted by atomic mass is 16.1. The Kier molecular flexibility index (Phi) is 4.03. The molecule has 0 aliphatic rings. The first-order chi connectivity index (χ1) is 7.93. The molecule has 0 bridgehead atoms. The van der Waals surface area contributed by atoms with Gasteiger partial charge in [-0.05, 0) is 18.1 Å². The Morgan fingerprint density at radius 2 is 2.00 bits per heavy atom. The van der Waals surface area contributed by atoms with Crippen molar-refractivity contribution in [3.8, 4) is 0 Å². The second kappa shape index (κ2) is 5.29. The van der Waals surface area contributed by atoms with Gasteiger partial charge in [0.2, 0.25) is 5.91 Å². The van der Waals surface area contributed by atoms with Crippen molar-refractivity contribution < 1.29 is 9.59 Å². The van der Waals surface area contributed by atoms with E-state index >= 15 is 0 Å². The van der Waals surface area contributed by atoms with Crippen LogP contribution in [0.1, 0.15) is 24.2 Å². The molecule has 1 aromatic heterocycles. The molecule has 1 aromatic rings. The van der Waals surface area contributed by atoms with Crippen LogP contribution in [0.15, 0.2) is 18.3 Å². The van der Waals surface area contributed by atoms with E-state index in [0.29, 0.717) is 0 Å². The molecule has 92 valence electrons. The maximum absolute atomic E-state index is 11.2. The van der Waals surface area contributed by atoms with Crippen LogP contribution in [0, 0.1) is 5.92 Å². The predicted molar refractivity (Wildman–Crippen MR) is 64.2 cm³/mol. The summed E-state index contributed by atoms with van der Waals surface area (Å²) < 4.78 is 0. The summed E-state index contributed by atoms with van der Waals surface area (Å²) in [7, 11) is 0. The van der Waals surface area contributed by atoms with Crippen LogP contribution in [-0.4, -0.2) is 22.8 Å². The van der Waals surface area contributed by atoms with Crippen LogP contribution < -0.4 is 16.8 Å². The second-order valence-corrected chi connectivity index (χ2v) is 4.03. The fourth-order valence-corrected chi connectivity index (χ4v) is 1.43. The summed E-state index contributed by atoms with van der Waals surface area (Å²) in [6.07, 6.45) is 1.51. The number of carbonyl (C=O) groups is 2. The van der Waals surface area contributed by atoms with E-state index in [9.17, 15) is 9.59 Å². The van der Waals surface area contributed by atoms with Crippen LogP contribution in [0.3, 0.4) is 0 Å². The maximum atomic E-state index is 11.2. The van der Waals surface area contributed by atoms with Crippen LogP contribution in [-0.2, 0) is 4.79 Å². The SMILES string of the molecule is CC(C)C(Nc1ncccc1C(N)=O)C(N)=O. The first kappa shape index (κ1) is 13.0. The molecule has 5 N–H and O–H groups in total. The van der Waals surface area contributed by atoms with E-state index in [1.54, 1.807) is 6.07 Å². The van der Waals surface area contributed by atoms with Crippen LogP contribution in [0.4, 0.5) is 5.82 Å². The highest BCUT2D eigenvalue weighted by molar-refractivity contribution is 5.98. The van der Waals surface area contributed by atoms with Gasteiger partial charge in [0.1, 0.15) is 11.9 Å². The number of pyridine rings is 1. The van der Waals surface area contributed by atoms with Crippen molar-refractivity contribution in [3.63, 3.8) is 0 Å². The summed E-state index contributed by atoms with van der Waals surface area (Å²) in [5.41, 5.74) is 10.7. The number of primary amides is 2. The molecule has 0 saturated heterocycles. The first-order valence-electron chi connectivity index (χ1n) is 5.24. The zero-order valence-corrected chi connectivity index (χ0v) is 9.81. The summed E-state index contributed by atoms with van der Waals surface area (Å²) in [5.74, 6) is -0.846. The summed E-state index contributed by atoms with van der Waals surface area (Å²) >= 11 is 0. The van der Waals surface area contributed by atoms with E-state index in [-0.39, 0.29) is 17.3 Å². The Bertz CT molecular complexity index is 431. The number of aromatic nitrogens is 1. The summed E-state index contributed by atoms with van der Waals surface area (Å²) in [6.45, 7) is 3.69. The van der Waals surface area contributed by atoms with Gasteiger partial charge in [-0.25, -0.2) is 4.98 Å². The van der Waals surface area contributed by atoms with Crippen molar-refractivity contribution in [3.05, 3.63) is 23.9 Å². The summed E-state index contributed by atoms with van der Waals surface area (Å²) in [6, 6.07) is 2.54. The van der Waals surface area contributed by atoms with E-state index < -0.39 is 17.9 Å². The highest BCUT2D eigenvalue weighted by Crippen LogP contribution is 2.14. The zero-order valence-electron chi connectivity index (χ0n) is 9.81. The fourth-order valence-electron chi connectivity index (χ4n) is 1.43. The number of nitrogens with zero attached hydrogens (tertiary/aromatic N) is 1. The number of nitrogens with one attached hydrogen (secondary N) is 1. The van der Waals surface area contributed by atoms with E-state index in [0.717, 1.165) is 0 Å². The molecule has 2 amide bonds. The molecule has 0 spiro atoms. The zero-order chi connectivity index (χ0) is 13.0. The predicted octanol–water partition coefficient (Wildman–Crippen LogP) is 0.102. The Morgan fingerprint density at radius 1 is 1.35 bits per heavy atom. The molecule has 0 aliphatic carbocycles. The number of rotatable bonds is 5. The highest BCUT2D eigenvalue weighted by Gasteiger charge is 2.21. The van der Waals surface area contributed by atoms with Crippen molar-refractivity contribution in [2.24, 2.45) is 17.4 Å². The van der Waals surface area contributed by atoms with Gasteiger partial charge in [-0.2, -0.15) is 0 Å². The molecule has 0 saturated carbocycles. The minimum atomic E-state index is -0.604. The molecule has 1 atom stereocenters. The Balaban J connectivity index is 3.01. The van der Waals surface area contributed by atoms with Crippen molar-refractivity contribution in [2.75, 3.05) is 5.32 Å². The fraction of sp³-hybridized carbons (Fsp3) is 0.364. The number of anilines is 1. The standard InChI is InChI=1S/C11H16N4O2/c1-6(2)8(10(13)17)15-11-7(9(12)16)4-3-5-14-11/h3-6,8H,1-2H3,(H2,12,16)(H2,13,17)(H,14,15). The van der Waals surface area contributed by atoms with Gasteiger partial charge < -0.3 is 16.8 Å². The Labute approximate surface area is 99.4 Å². The Morgan fingerprint density at radius 3 is 2.47 bits per heavy atom. The third-order valence-electron chi connectivity index (χ3n) is 2.34. The maximum Gasteiger partial charge on any atom is 0.252 e. The van der Waals surface area contributed by atoms with Crippen LogP contribution in [0.2, 0.25) is 0 Å². The molecule has 0 aliphatic heterocycles. The quantitative estimate of drug-likeness (QED) is 0.673. The van der Waals surface area contributed by atoms with Gasteiger partial charge in [-0.15, -0.1) is 0 Å². The molecule has 1 unspecified atom stereocenters. The largest absolute Gasteiger partial charge is 0.368 e. The topological polar surface area (TPSA) is 111 Å². The molecular formula is C11H16N4O2. The van der Waals surface area contributed by atoms with Gasteiger partial charge in [0.25, 0.3) is 5.91 Å². The number of amides is 2. The summed E-state index contributed by atoms with van der Waals surface area (Å²) in [4.78, 5) is 26.4. The molecule has 0 radical (unpaired) electrons. The molecule has 6 nitrogen and oxygen atoms in total. The molecule has 0 fully saturated rings. The van der Waals surface area contributed by atoms with E-state index in [2.05, 4.69) is 10.3 Å². The summed E-state index contributed by atoms with van der Waals surface area (Å²) in [5, 5.41) is 2.84. The molecule has 17 heavy (non-hydrogen) atoms. The van der Waals surface area contributed by atoms with E-state index in [1.807, 2.05) is 13.8 Å². The molecular weight excluding hydrogens is 220 g/mol.